The second-order valence-electron chi connectivity index (χ2n) is 3.12. The molecule has 0 atom stereocenters. The molecule has 2 rings (SSSR count). The van der Waals surface area contributed by atoms with E-state index >= 15 is 0 Å². The van der Waals surface area contributed by atoms with Gasteiger partial charge in [0.1, 0.15) is 0 Å². The average Bonchev–Trinajstić information content (AvgIpc) is 2.44. The predicted molar refractivity (Wildman–Crippen MR) is 61.0 cm³/mol. The lowest BCUT2D eigenvalue weighted by Gasteiger charge is -2.02. The Morgan fingerprint density at radius 2 is 2.07 bits per heavy atom. The van der Waals surface area contributed by atoms with Crippen LogP contribution >= 0.6 is 23.2 Å². The number of aromatic nitrogens is 1. The van der Waals surface area contributed by atoms with Gasteiger partial charge in [-0.2, -0.15) is 0 Å². The van der Waals surface area contributed by atoms with Crippen LogP contribution in [0.5, 0.6) is 0 Å². The molecule has 0 aliphatic heterocycles. The van der Waals surface area contributed by atoms with Crippen molar-refractivity contribution in [2.75, 3.05) is 6.54 Å². The zero-order valence-corrected chi connectivity index (χ0v) is 9.02. The van der Waals surface area contributed by atoms with Crippen molar-refractivity contribution in [2.24, 2.45) is 5.73 Å². The van der Waals surface area contributed by atoms with Crippen molar-refractivity contribution in [3.05, 3.63) is 34.4 Å². The molecule has 0 spiro atoms. The molecule has 14 heavy (non-hydrogen) atoms. The summed E-state index contributed by atoms with van der Waals surface area (Å²) in [6.07, 6.45) is 1.88. The van der Waals surface area contributed by atoms with Gasteiger partial charge in [-0.15, -0.1) is 0 Å². The third-order valence-corrected chi connectivity index (χ3v) is 2.70. The standard InChI is InChI=1S/C10H10Cl2N2/c11-7-1-2-8-9(12)6-14(4-3-13)10(8)5-7/h1-2,5-6H,3-4,13H2. The molecule has 4 heteroatoms. The molecule has 1 aromatic heterocycles. The molecule has 2 aromatic rings. The Bertz CT molecular complexity index is 462. The molecular weight excluding hydrogens is 219 g/mol. The highest BCUT2D eigenvalue weighted by molar-refractivity contribution is 6.36. The first-order valence-corrected chi connectivity index (χ1v) is 5.12. The third-order valence-electron chi connectivity index (χ3n) is 2.17. The Kier molecular flexibility index (Phi) is 2.68. The smallest absolute Gasteiger partial charge is 0.0661 e. The van der Waals surface area contributed by atoms with Crippen LogP contribution in [-0.2, 0) is 6.54 Å². The van der Waals surface area contributed by atoms with Gasteiger partial charge in [0.05, 0.1) is 10.5 Å². The second kappa shape index (κ2) is 3.81. The minimum absolute atomic E-state index is 0.590. The highest BCUT2D eigenvalue weighted by Crippen LogP contribution is 2.27. The molecule has 0 saturated heterocycles. The van der Waals surface area contributed by atoms with Crippen molar-refractivity contribution in [3.8, 4) is 0 Å². The molecule has 0 aliphatic carbocycles. The van der Waals surface area contributed by atoms with E-state index in [-0.39, 0.29) is 0 Å². The quantitative estimate of drug-likeness (QED) is 0.843. The number of benzene rings is 1. The first-order chi connectivity index (χ1) is 6.72. The maximum absolute atomic E-state index is 6.06. The zero-order chi connectivity index (χ0) is 10.1. The molecule has 0 unspecified atom stereocenters. The average molecular weight is 229 g/mol. The molecular formula is C10H10Cl2N2. The molecule has 74 valence electrons. The van der Waals surface area contributed by atoms with Crippen molar-refractivity contribution in [1.29, 1.82) is 0 Å². The zero-order valence-electron chi connectivity index (χ0n) is 7.50. The summed E-state index contributed by atoms with van der Waals surface area (Å²) >= 11 is 12.0. The highest BCUT2D eigenvalue weighted by Gasteiger charge is 2.06. The minimum atomic E-state index is 0.590. The lowest BCUT2D eigenvalue weighted by atomic mass is 10.2. The normalized spacial score (nSPS) is 11.1. The molecule has 0 fully saturated rings. The number of nitrogens with two attached hydrogens (primary N) is 1. The van der Waals surface area contributed by atoms with Gasteiger partial charge in [-0.25, -0.2) is 0 Å². The van der Waals surface area contributed by atoms with E-state index in [1.807, 2.05) is 29.0 Å². The molecule has 0 saturated carbocycles. The number of nitrogens with zero attached hydrogens (tertiary/aromatic N) is 1. The number of hydrogen-bond acceptors (Lipinski definition) is 1. The number of hydrogen-bond donors (Lipinski definition) is 1. The van der Waals surface area contributed by atoms with Crippen LogP contribution in [0.2, 0.25) is 10.0 Å². The van der Waals surface area contributed by atoms with Gasteiger partial charge < -0.3 is 10.3 Å². The molecule has 0 radical (unpaired) electrons. The molecule has 2 nitrogen and oxygen atoms in total. The van der Waals surface area contributed by atoms with Crippen LogP contribution in [0.15, 0.2) is 24.4 Å². The van der Waals surface area contributed by atoms with E-state index in [2.05, 4.69) is 0 Å². The largest absolute Gasteiger partial charge is 0.345 e. The van der Waals surface area contributed by atoms with Gasteiger partial charge in [-0.3, -0.25) is 0 Å². The maximum atomic E-state index is 6.06. The molecule has 0 amide bonds. The molecule has 1 heterocycles. The number of halogens is 2. The van der Waals surface area contributed by atoms with Crippen molar-refractivity contribution in [3.63, 3.8) is 0 Å². The highest BCUT2D eigenvalue weighted by atomic mass is 35.5. The van der Waals surface area contributed by atoms with Gasteiger partial charge in [0.2, 0.25) is 0 Å². The summed E-state index contributed by atoms with van der Waals surface area (Å²) in [5, 5.41) is 2.47. The summed E-state index contributed by atoms with van der Waals surface area (Å²) in [4.78, 5) is 0. The number of rotatable bonds is 2. The Hall–Kier alpha value is -0.700. The van der Waals surface area contributed by atoms with Crippen LogP contribution in [-0.4, -0.2) is 11.1 Å². The van der Waals surface area contributed by atoms with E-state index in [1.54, 1.807) is 0 Å². The van der Waals surface area contributed by atoms with Crippen LogP contribution in [0.3, 0.4) is 0 Å². The van der Waals surface area contributed by atoms with Crippen molar-refractivity contribution in [2.45, 2.75) is 6.54 Å². The lowest BCUT2D eigenvalue weighted by Crippen LogP contribution is -2.08. The van der Waals surface area contributed by atoms with Gasteiger partial charge in [-0.05, 0) is 18.2 Å². The second-order valence-corrected chi connectivity index (χ2v) is 3.96. The van der Waals surface area contributed by atoms with E-state index in [0.29, 0.717) is 11.6 Å². The topological polar surface area (TPSA) is 30.9 Å². The van der Waals surface area contributed by atoms with Gasteiger partial charge in [0, 0.05) is 29.7 Å². The van der Waals surface area contributed by atoms with Crippen LogP contribution < -0.4 is 5.73 Å². The minimum Gasteiger partial charge on any atom is -0.345 e. The van der Waals surface area contributed by atoms with E-state index in [1.165, 1.54) is 0 Å². The Balaban J connectivity index is 2.66. The summed E-state index contributed by atoms with van der Waals surface area (Å²) in [5.74, 6) is 0. The van der Waals surface area contributed by atoms with Crippen molar-refractivity contribution in [1.82, 2.24) is 4.57 Å². The third kappa shape index (κ3) is 1.61. The van der Waals surface area contributed by atoms with Crippen LogP contribution in [0, 0.1) is 0 Å². The monoisotopic (exact) mass is 228 g/mol. The van der Waals surface area contributed by atoms with Gasteiger partial charge in [-0.1, -0.05) is 23.2 Å². The lowest BCUT2D eigenvalue weighted by molar-refractivity contribution is 0.735. The van der Waals surface area contributed by atoms with Gasteiger partial charge in [0.25, 0.3) is 0 Å². The van der Waals surface area contributed by atoms with Crippen LogP contribution in [0.25, 0.3) is 10.9 Å². The van der Waals surface area contributed by atoms with Crippen LogP contribution in [0.4, 0.5) is 0 Å². The van der Waals surface area contributed by atoms with E-state index in [0.717, 1.165) is 22.5 Å². The molecule has 0 aliphatic rings. The predicted octanol–water partition coefficient (Wildman–Crippen LogP) is 2.91. The summed E-state index contributed by atoms with van der Waals surface area (Å²) in [6, 6.07) is 5.66. The number of fused-ring (bicyclic) bond motifs is 1. The fraction of sp³-hybridized carbons (Fsp3) is 0.200. The summed E-state index contributed by atoms with van der Waals surface area (Å²) in [7, 11) is 0. The van der Waals surface area contributed by atoms with Gasteiger partial charge >= 0.3 is 0 Å². The summed E-state index contributed by atoms with van der Waals surface area (Å²) in [5.41, 5.74) is 6.54. The van der Waals surface area contributed by atoms with E-state index in [9.17, 15) is 0 Å². The fourth-order valence-electron chi connectivity index (χ4n) is 1.54. The van der Waals surface area contributed by atoms with E-state index in [4.69, 9.17) is 28.9 Å². The maximum Gasteiger partial charge on any atom is 0.0661 e. The molecule has 1 aromatic carbocycles. The van der Waals surface area contributed by atoms with Crippen molar-refractivity contribution < 1.29 is 0 Å². The summed E-state index contributed by atoms with van der Waals surface area (Å²) < 4.78 is 2.02. The summed E-state index contributed by atoms with van der Waals surface area (Å²) in [6.45, 7) is 1.34. The first kappa shape index (κ1) is 9.84. The Labute approximate surface area is 92.2 Å². The Morgan fingerprint density at radius 3 is 2.79 bits per heavy atom. The first-order valence-electron chi connectivity index (χ1n) is 4.36. The van der Waals surface area contributed by atoms with Gasteiger partial charge in [0.15, 0.2) is 0 Å². The molecule has 0 bridgehead atoms. The SMILES string of the molecule is NCCn1cc(Cl)c2ccc(Cl)cc21. The van der Waals surface area contributed by atoms with Crippen molar-refractivity contribution >= 4 is 34.1 Å². The van der Waals surface area contributed by atoms with Crippen LogP contribution in [0.1, 0.15) is 0 Å². The van der Waals surface area contributed by atoms with E-state index < -0.39 is 0 Å². The fourth-order valence-corrected chi connectivity index (χ4v) is 1.99. The molecule has 2 N–H and O–H groups in total. The Morgan fingerprint density at radius 1 is 1.29 bits per heavy atom.